The van der Waals surface area contributed by atoms with Crippen LogP contribution in [0.25, 0.3) is 11.3 Å². The van der Waals surface area contributed by atoms with Crippen LogP contribution in [-0.4, -0.2) is 48.2 Å². The van der Waals surface area contributed by atoms with Gasteiger partial charge in [0.25, 0.3) is 6.20 Å². The minimum Gasteiger partial charge on any atom is -0.861 e. The highest BCUT2D eigenvalue weighted by atomic mass is 35.5. The van der Waals surface area contributed by atoms with Crippen molar-refractivity contribution in [2.75, 3.05) is 37.1 Å². The summed E-state index contributed by atoms with van der Waals surface area (Å²) in [5.41, 5.74) is 1.94. The van der Waals surface area contributed by atoms with Crippen LogP contribution in [0, 0.1) is 11.3 Å². The number of morpholine rings is 1. The van der Waals surface area contributed by atoms with E-state index < -0.39 is 5.90 Å². The highest BCUT2D eigenvalue weighted by Crippen LogP contribution is 2.26. The number of nitrogens with zero attached hydrogens (tertiary/aromatic N) is 6. The fourth-order valence-electron chi connectivity index (χ4n) is 2.87. The maximum Gasteiger partial charge on any atom is 0.324 e. The third kappa shape index (κ3) is 5.32. The number of aliphatic imine (C=N–C) groups is 1. The molecule has 0 N–H and O–H groups in total. The van der Waals surface area contributed by atoms with Gasteiger partial charge >= 0.3 is 5.88 Å². The molecule has 4 rings (SSSR count). The topological polar surface area (TPSA) is 114 Å². The van der Waals surface area contributed by atoms with Gasteiger partial charge in [0.15, 0.2) is 0 Å². The van der Waals surface area contributed by atoms with Crippen molar-refractivity contribution in [3.05, 3.63) is 53.2 Å². The third-order valence-corrected chi connectivity index (χ3v) is 5.64. The number of aromatic nitrogens is 3. The number of hydrogen-bond acceptors (Lipinski definition) is 9. The molecule has 158 valence electrons. The number of rotatable bonds is 6. The summed E-state index contributed by atoms with van der Waals surface area (Å²) in [6.45, 7) is 2.55. The molecule has 2 aromatic heterocycles. The van der Waals surface area contributed by atoms with Crippen LogP contribution in [-0.2, 0) is 4.74 Å². The first-order valence-corrected chi connectivity index (χ1v) is 10.7. The smallest absolute Gasteiger partial charge is 0.324 e. The second-order valence-electron chi connectivity index (χ2n) is 6.49. The molecule has 3 aromatic rings. The summed E-state index contributed by atoms with van der Waals surface area (Å²) < 4.78 is 10.4. The van der Waals surface area contributed by atoms with Crippen LogP contribution in [0.3, 0.4) is 0 Å². The Morgan fingerprint density at radius 3 is 2.77 bits per heavy atom. The first-order chi connectivity index (χ1) is 15.1. The zero-order valence-electron chi connectivity index (χ0n) is 16.3. The molecule has 31 heavy (non-hydrogen) atoms. The second-order valence-corrected chi connectivity index (χ2v) is 7.89. The van der Waals surface area contributed by atoms with Crippen molar-refractivity contribution in [1.29, 1.82) is 5.26 Å². The van der Waals surface area contributed by atoms with Gasteiger partial charge in [0.05, 0.1) is 42.4 Å². The van der Waals surface area contributed by atoms with Crippen molar-refractivity contribution in [2.24, 2.45) is 4.99 Å². The molecular weight excluding hydrogens is 440 g/mol. The number of thioether (sulfide) groups is 1. The number of nitriles is 1. The fraction of sp³-hybridized carbons (Fsp3) is 0.250. The molecule has 0 aliphatic carbocycles. The van der Waals surface area contributed by atoms with Crippen LogP contribution >= 0.6 is 23.4 Å². The summed E-state index contributed by atoms with van der Waals surface area (Å²) in [7, 11) is 0. The van der Waals surface area contributed by atoms with Crippen molar-refractivity contribution >= 4 is 35.1 Å². The van der Waals surface area contributed by atoms with Crippen LogP contribution in [0.5, 0.6) is 0 Å². The van der Waals surface area contributed by atoms with Gasteiger partial charge in [0.1, 0.15) is 11.1 Å². The van der Waals surface area contributed by atoms with Crippen LogP contribution < -0.4 is 14.9 Å². The van der Waals surface area contributed by atoms with Gasteiger partial charge in [-0.2, -0.15) is 5.26 Å². The van der Waals surface area contributed by atoms with E-state index in [-0.39, 0.29) is 11.6 Å². The molecule has 0 spiro atoms. The number of pyridine rings is 1. The van der Waals surface area contributed by atoms with Crippen molar-refractivity contribution < 1.29 is 19.2 Å². The Morgan fingerprint density at radius 2 is 2.03 bits per heavy atom. The molecule has 0 amide bonds. The zero-order valence-corrected chi connectivity index (χ0v) is 17.8. The summed E-state index contributed by atoms with van der Waals surface area (Å²) in [5.74, 6) is -0.303. The van der Waals surface area contributed by atoms with Gasteiger partial charge < -0.3 is 9.84 Å². The van der Waals surface area contributed by atoms with Gasteiger partial charge in [-0.3, -0.25) is 4.52 Å². The molecule has 0 bridgehead atoms. The van der Waals surface area contributed by atoms with Crippen molar-refractivity contribution in [3.63, 3.8) is 0 Å². The number of hydrogen-bond donors (Lipinski definition) is 0. The Kier molecular flexibility index (Phi) is 6.66. The molecule has 1 fully saturated rings. The van der Waals surface area contributed by atoms with E-state index in [2.05, 4.69) is 21.3 Å². The van der Waals surface area contributed by atoms with Crippen LogP contribution in [0.15, 0.2) is 57.1 Å². The highest BCUT2D eigenvalue weighted by Gasteiger charge is 2.22. The van der Waals surface area contributed by atoms with Crippen molar-refractivity contribution in [1.82, 2.24) is 10.3 Å². The molecule has 3 heterocycles. The van der Waals surface area contributed by atoms with Gasteiger partial charge in [-0.1, -0.05) is 35.5 Å². The Balaban J connectivity index is 1.45. The number of benzene rings is 1. The highest BCUT2D eigenvalue weighted by molar-refractivity contribution is 7.99. The second kappa shape index (κ2) is 9.78. The predicted molar refractivity (Wildman–Crippen MR) is 113 cm³/mol. The van der Waals surface area contributed by atoms with E-state index in [1.807, 2.05) is 17.1 Å². The molecule has 11 heteroatoms. The molecule has 1 aliphatic rings. The molecule has 0 radical (unpaired) electrons. The molecule has 1 aliphatic heterocycles. The maximum absolute atomic E-state index is 12.3. The quantitative estimate of drug-likeness (QED) is 0.238. The average Bonchev–Trinajstić information content (AvgIpc) is 3.27. The van der Waals surface area contributed by atoms with Gasteiger partial charge in [0, 0.05) is 16.3 Å². The van der Waals surface area contributed by atoms with E-state index in [1.165, 1.54) is 4.79 Å². The molecule has 9 nitrogen and oxygen atoms in total. The lowest BCUT2D eigenvalue weighted by molar-refractivity contribution is -0.759. The van der Waals surface area contributed by atoms with E-state index in [4.69, 9.17) is 20.9 Å². The molecule has 1 saturated heterocycles. The van der Waals surface area contributed by atoms with E-state index >= 15 is 0 Å². The normalized spacial score (nSPS) is 14.5. The van der Waals surface area contributed by atoms with E-state index in [9.17, 15) is 10.4 Å². The molecule has 0 saturated carbocycles. The first kappa shape index (κ1) is 21.1. The number of halogens is 1. The van der Waals surface area contributed by atoms with Gasteiger partial charge in [-0.15, -0.1) is 5.01 Å². The van der Waals surface area contributed by atoms with Gasteiger partial charge in [-0.05, 0) is 30.2 Å². The van der Waals surface area contributed by atoms with E-state index in [0.717, 1.165) is 17.3 Å². The zero-order chi connectivity index (χ0) is 21.6. The standard InChI is InChI=1S/C20H17ClN6O3S/c21-16-4-1-14(2-5-16)17-6-3-15(11-22)20(23-17)31-13-18(28)24-19-12-27(25-30-19)26-7-9-29-10-8-26/h1-6,12H,7-10,13H2. The minimum absolute atomic E-state index is 0.00397. The summed E-state index contributed by atoms with van der Waals surface area (Å²) in [5, 5.41) is 28.6. The summed E-state index contributed by atoms with van der Waals surface area (Å²) >= 11 is 7.08. The molecule has 0 atom stereocenters. The Bertz CT molecular complexity index is 1120. The largest absolute Gasteiger partial charge is 0.861 e. The van der Waals surface area contributed by atoms with Crippen molar-refractivity contribution in [3.8, 4) is 17.3 Å². The summed E-state index contributed by atoms with van der Waals surface area (Å²) in [6, 6.07) is 12.8. The predicted octanol–water partition coefficient (Wildman–Crippen LogP) is 1.70. The average molecular weight is 457 g/mol. The fourth-order valence-corrected chi connectivity index (χ4v) is 3.76. The molecule has 1 aromatic carbocycles. The first-order valence-electron chi connectivity index (χ1n) is 9.38. The van der Waals surface area contributed by atoms with Crippen LogP contribution in [0.2, 0.25) is 5.02 Å². The lowest BCUT2D eigenvalue weighted by Crippen LogP contribution is -2.62. The lowest BCUT2D eigenvalue weighted by Gasteiger charge is -2.18. The Morgan fingerprint density at radius 1 is 1.26 bits per heavy atom. The van der Waals surface area contributed by atoms with E-state index in [0.29, 0.717) is 47.6 Å². The SMILES string of the molecule is N#Cc1ccc(-c2ccc(Cl)cc2)nc1SC/C([O-])=N/c1c[n+](N2CCOCC2)no1. The maximum atomic E-state index is 12.3. The summed E-state index contributed by atoms with van der Waals surface area (Å²) in [6.07, 6.45) is 1.55. The van der Waals surface area contributed by atoms with Crippen LogP contribution in [0.4, 0.5) is 5.88 Å². The third-order valence-electron chi connectivity index (χ3n) is 4.41. The lowest BCUT2D eigenvalue weighted by atomic mass is 10.1. The minimum atomic E-state index is -0.419. The van der Waals surface area contributed by atoms with Gasteiger partial charge in [0.2, 0.25) is 5.27 Å². The van der Waals surface area contributed by atoms with Crippen molar-refractivity contribution in [2.45, 2.75) is 5.03 Å². The summed E-state index contributed by atoms with van der Waals surface area (Å²) in [4.78, 5) is 10.00. The van der Waals surface area contributed by atoms with E-state index in [1.54, 1.807) is 30.5 Å². The molecular formula is C20H17ClN6O3S. The van der Waals surface area contributed by atoms with Crippen LogP contribution in [0.1, 0.15) is 5.56 Å². The molecule has 0 unspecified atom stereocenters. The van der Waals surface area contributed by atoms with Gasteiger partial charge in [-0.25, -0.2) is 9.98 Å². The Hall–Kier alpha value is -3.13. The Labute approximate surface area is 187 Å². The number of ether oxygens (including phenoxy) is 1. The monoisotopic (exact) mass is 456 g/mol.